The topological polar surface area (TPSA) is 37.3 Å². The fraction of sp³-hybridized carbons (Fsp3) is 0. The standard InChI is InChI=1S/C17H11FO2/c18-12-8-9-15(16(10-12)17(19)20)14-7-3-5-11-4-1-2-6-13(11)14/h1-10H,(H,19,20). The van der Waals surface area contributed by atoms with E-state index in [0.717, 1.165) is 22.4 Å². The van der Waals surface area contributed by atoms with Crippen molar-refractivity contribution in [3.8, 4) is 11.1 Å². The number of rotatable bonds is 2. The van der Waals surface area contributed by atoms with Crippen molar-refractivity contribution in [3.63, 3.8) is 0 Å². The smallest absolute Gasteiger partial charge is 0.336 e. The molecule has 0 aliphatic rings. The molecule has 0 fully saturated rings. The molecule has 1 N–H and O–H groups in total. The lowest BCUT2D eigenvalue weighted by molar-refractivity contribution is 0.0697. The van der Waals surface area contributed by atoms with Crippen LogP contribution in [-0.4, -0.2) is 11.1 Å². The highest BCUT2D eigenvalue weighted by Gasteiger charge is 2.14. The highest BCUT2D eigenvalue weighted by Crippen LogP contribution is 2.31. The molecular formula is C17H11FO2. The third kappa shape index (κ3) is 2.03. The van der Waals surface area contributed by atoms with Crippen molar-refractivity contribution in [2.24, 2.45) is 0 Å². The number of carboxylic acids is 1. The molecule has 3 aromatic rings. The van der Waals surface area contributed by atoms with Crippen LogP contribution in [0.2, 0.25) is 0 Å². The summed E-state index contributed by atoms with van der Waals surface area (Å²) in [6, 6.07) is 17.2. The summed E-state index contributed by atoms with van der Waals surface area (Å²) in [5.74, 6) is -1.68. The quantitative estimate of drug-likeness (QED) is 0.749. The van der Waals surface area contributed by atoms with Gasteiger partial charge in [0.1, 0.15) is 5.82 Å². The number of benzene rings is 3. The number of fused-ring (bicyclic) bond motifs is 1. The molecule has 0 amide bonds. The molecule has 3 heteroatoms. The van der Waals surface area contributed by atoms with Crippen LogP contribution < -0.4 is 0 Å². The maximum atomic E-state index is 13.3. The first-order chi connectivity index (χ1) is 9.66. The van der Waals surface area contributed by atoms with Crippen molar-refractivity contribution in [1.82, 2.24) is 0 Å². The van der Waals surface area contributed by atoms with E-state index in [4.69, 9.17) is 0 Å². The Morgan fingerprint density at radius 3 is 2.45 bits per heavy atom. The maximum Gasteiger partial charge on any atom is 0.336 e. The summed E-state index contributed by atoms with van der Waals surface area (Å²) in [5.41, 5.74) is 1.29. The third-order valence-electron chi connectivity index (χ3n) is 3.29. The van der Waals surface area contributed by atoms with Crippen molar-refractivity contribution in [1.29, 1.82) is 0 Å². The maximum absolute atomic E-state index is 13.3. The van der Waals surface area contributed by atoms with Crippen molar-refractivity contribution in [2.75, 3.05) is 0 Å². The van der Waals surface area contributed by atoms with E-state index in [2.05, 4.69) is 0 Å². The van der Waals surface area contributed by atoms with Crippen molar-refractivity contribution < 1.29 is 14.3 Å². The van der Waals surface area contributed by atoms with Crippen LogP contribution in [0.25, 0.3) is 21.9 Å². The number of carboxylic acid groups (broad SMARTS) is 1. The second kappa shape index (κ2) is 4.78. The lowest BCUT2D eigenvalue weighted by Crippen LogP contribution is -2.00. The van der Waals surface area contributed by atoms with Gasteiger partial charge in [-0.15, -0.1) is 0 Å². The molecule has 0 saturated carbocycles. The van der Waals surface area contributed by atoms with Gasteiger partial charge in [0.25, 0.3) is 0 Å². The Morgan fingerprint density at radius 2 is 1.65 bits per heavy atom. The Balaban J connectivity index is 2.34. The summed E-state index contributed by atoms with van der Waals surface area (Å²) in [6.45, 7) is 0. The molecule has 3 aromatic carbocycles. The zero-order valence-corrected chi connectivity index (χ0v) is 10.5. The van der Waals surface area contributed by atoms with Crippen LogP contribution in [0.4, 0.5) is 4.39 Å². The predicted molar refractivity (Wildman–Crippen MR) is 76.3 cm³/mol. The Morgan fingerprint density at radius 1 is 0.900 bits per heavy atom. The van der Waals surface area contributed by atoms with E-state index in [1.807, 2.05) is 42.5 Å². The number of hydrogen-bond acceptors (Lipinski definition) is 1. The molecule has 0 aromatic heterocycles. The van der Waals surface area contributed by atoms with Gasteiger partial charge >= 0.3 is 5.97 Å². The van der Waals surface area contributed by atoms with Gasteiger partial charge < -0.3 is 5.11 Å². The first-order valence-corrected chi connectivity index (χ1v) is 6.18. The van der Waals surface area contributed by atoms with Gasteiger partial charge in [0.15, 0.2) is 0 Å². The first-order valence-electron chi connectivity index (χ1n) is 6.18. The van der Waals surface area contributed by atoms with Gasteiger partial charge in [-0.05, 0) is 34.0 Å². The fourth-order valence-corrected chi connectivity index (χ4v) is 2.39. The highest BCUT2D eigenvalue weighted by molar-refractivity contribution is 6.03. The highest BCUT2D eigenvalue weighted by atomic mass is 19.1. The molecule has 0 aliphatic carbocycles. The zero-order valence-electron chi connectivity index (χ0n) is 10.5. The second-order valence-corrected chi connectivity index (χ2v) is 4.52. The molecular weight excluding hydrogens is 255 g/mol. The van der Waals surface area contributed by atoms with Crippen LogP contribution >= 0.6 is 0 Å². The van der Waals surface area contributed by atoms with E-state index in [1.165, 1.54) is 12.1 Å². The molecule has 98 valence electrons. The van der Waals surface area contributed by atoms with Crippen LogP contribution in [0.1, 0.15) is 10.4 Å². The van der Waals surface area contributed by atoms with Crippen LogP contribution in [0, 0.1) is 5.82 Å². The average Bonchev–Trinajstić information content (AvgIpc) is 2.46. The molecule has 3 rings (SSSR count). The zero-order chi connectivity index (χ0) is 14.1. The summed E-state index contributed by atoms with van der Waals surface area (Å²) in [4.78, 5) is 11.3. The largest absolute Gasteiger partial charge is 0.478 e. The van der Waals surface area contributed by atoms with Crippen LogP contribution in [-0.2, 0) is 0 Å². The van der Waals surface area contributed by atoms with Gasteiger partial charge in [0.05, 0.1) is 5.56 Å². The number of hydrogen-bond donors (Lipinski definition) is 1. The number of aromatic carboxylic acids is 1. The molecule has 0 unspecified atom stereocenters. The molecule has 0 saturated heterocycles. The van der Waals surface area contributed by atoms with E-state index in [9.17, 15) is 14.3 Å². The van der Waals surface area contributed by atoms with Gasteiger partial charge in [-0.2, -0.15) is 0 Å². The summed E-state index contributed by atoms with van der Waals surface area (Å²) < 4.78 is 13.3. The van der Waals surface area contributed by atoms with Gasteiger partial charge in [0, 0.05) is 0 Å². The summed E-state index contributed by atoms with van der Waals surface area (Å²) >= 11 is 0. The monoisotopic (exact) mass is 266 g/mol. The minimum Gasteiger partial charge on any atom is -0.478 e. The van der Waals surface area contributed by atoms with E-state index in [-0.39, 0.29) is 5.56 Å². The van der Waals surface area contributed by atoms with Crippen LogP contribution in [0.3, 0.4) is 0 Å². The minimum atomic E-state index is -1.13. The molecule has 2 nitrogen and oxygen atoms in total. The lowest BCUT2D eigenvalue weighted by Gasteiger charge is -2.10. The molecule has 0 heterocycles. The SMILES string of the molecule is O=C(O)c1cc(F)ccc1-c1cccc2ccccc12. The van der Waals surface area contributed by atoms with Gasteiger partial charge in [-0.25, -0.2) is 9.18 Å². The van der Waals surface area contributed by atoms with Crippen LogP contribution in [0.15, 0.2) is 60.7 Å². The van der Waals surface area contributed by atoms with E-state index < -0.39 is 11.8 Å². The molecule has 20 heavy (non-hydrogen) atoms. The molecule has 0 bridgehead atoms. The normalized spacial score (nSPS) is 10.7. The Hall–Kier alpha value is -2.68. The molecule has 0 spiro atoms. The van der Waals surface area contributed by atoms with E-state index in [1.54, 1.807) is 0 Å². The summed E-state index contributed by atoms with van der Waals surface area (Å²) in [6.07, 6.45) is 0. The van der Waals surface area contributed by atoms with E-state index >= 15 is 0 Å². The van der Waals surface area contributed by atoms with Gasteiger partial charge in [-0.3, -0.25) is 0 Å². The van der Waals surface area contributed by atoms with Crippen molar-refractivity contribution in [2.45, 2.75) is 0 Å². The lowest BCUT2D eigenvalue weighted by atomic mass is 9.94. The van der Waals surface area contributed by atoms with Crippen molar-refractivity contribution >= 4 is 16.7 Å². The average molecular weight is 266 g/mol. The summed E-state index contributed by atoms with van der Waals surface area (Å²) in [7, 11) is 0. The molecule has 0 aliphatic heterocycles. The summed E-state index contributed by atoms with van der Waals surface area (Å²) in [5, 5.41) is 11.2. The number of carbonyl (C=O) groups is 1. The van der Waals surface area contributed by atoms with Gasteiger partial charge in [-0.1, -0.05) is 48.5 Å². The Bertz CT molecular complexity index is 804. The Kier molecular flexibility index (Phi) is 2.95. The predicted octanol–water partition coefficient (Wildman–Crippen LogP) is 4.34. The molecule has 0 atom stereocenters. The fourth-order valence-electron chi connectivity index (χ4n) is 2.39. The number of halogens is 1. The third-order valence-corrected chi connectivity index (χ3v) is 3.29. The van der Waals surface area contributed by atoms with Gasteiger partial charge in [0.2, 0.25) is 0 Å². The van der Waals surface area contributed by atoms with E-state index in [0.29, 0.717) is 5.56 Å². The first kappa shape index (κ1) is 12.4. The minimum absolute atomic E-state index is 0.0265. The second-order valence-electron chi connectivity index (χ2n) is 4.52. The Labute approximate surface area is 115 Å². The molecule has 0 radical (unpaired) electrons. The van der Waals surface area contributed by atoms with Crippen LogP contribution in [0.5, 0.6) is 0 Å². The van der Waals surface area contributed by atoms with Crippen molar-refractivity contribution in [3.05, 3.63) is 72.0 Å².